The zero-order valence-electron chi connectivity index (χ0n) is 29.2. The van der Waals surface area contributed by atoms with Gasteiger partial charge in [-0.15, -0.1) is 12.3 Å². The summed E-state index contributed by atoms with van der Waals surface area (Å²) in [5, 5.41) is 16.2. The zero-order valence-corrected chi connectivity index (χ0v) is 32.4. The first kappa shape index (κ1) is 45.2. The number of carbonyl (C=O) groups is 6. The third-order valence-corrected chi connectivity index (χ3v) is 5.48. The van der Waals surface area contributed by atoms with E-state index in [1.54, 1.807) is 20.8 Å². The molecule has 0 aliphatic carbocycles. The van der Waals surface area contributed by atoms with E-state index in [1.165, 1.54) is 0 Å². The van der Waals surface area contributed by atoms with Crippen LogP contribution in [0.25, 0.3) is 0 Å². The molecule has 4 rings (SSSR count). The minimum atomic E-state index is -0.623. The molecule has 0 unspecified atom stereocenters. The molecule has 4 heterocycles. The van der Waals surface area contributed by atoms with Crippen LogP contribution in [0.5, 0.6) is 0 Å². The van der Waals surface area contributed by atoms with Crippen molar-refractivity contribution in [1.29, 1.82) is 1.17 Å². The van der Waals surface area contributed by atoms with E-state index in [2.05, 4.69) is 68.9 Å². The maximum atomic E-state index is 11.6. The van der Waals surface area contributed by atoms with Gasteiger partial charge in [0.2, 0.25) is 23.6 Å². The van der Waals surface area contributed by atoms with E-state index >= 15 is 0 Å². The number of imide groups is 1. The molecule has 0 radical (unpaired) electrons. The van der Waals surface area contributed by atoms with Crippen molar-refractivity contribution in [3.8, 4) is 0 Å². The highest BCUT2D eigenvalue weighted by Gasteiger charge is 2.35. The fourth-order valence-electron chi connectivity index (χ4n) is 3.55. The Morgan fingerprint density at radius 3 is 1.81 bits per heavy atom. The van der Waals surface area contributed by atoms with Crippen molar-refractivity contribution in [2.45, 2.75) is 116 Å². The van der Waals surface area contributed by atoms with Crippen LogP contribution in [0.1, 0.15) is 88.7 Å². The van der Waals surface area contributed by atoms with Gasteiger partial charge in [-0.1, -0.05) is 11.8 Å². The molecule has 0 bridgehead atoms. The van der Waals surface area contributed by atoms with Gasteiger partial charge in [-0.05, 0) is 77.9 Å². The lowest BCUT2D eigenvalue weighted by atomic mass is 10.2. The number of hydrogen-bond donors (Lipinski definition) is 4. The van der Waals surface area contributed by atoms with Gasteiger partial charge >= 0.3 is 6.09 Å². The third kappa shape index (κ3) is 28.9. The molecule has 22 heteroatoms. The highest BCUT2D eigenvalue weighted by molar-refractivity contribution is 7.93. The van der Waals surface area contributed by atoms with Crippen molar-refractivity contribution in [3.63, 3.8) is 0 Å². The molecular weight excluding hydrogens is 757 g/mol. The first-order chi connectivity index (χ1) is 23.7. The molecule has 5 amide bonds. The molecule has 0 aromatic rings. The van der Waals surface area contributed by atoms with Crippen LogP contribution >= 0.6 is 36.4 Å². The van der Waals surface area contributed by atoms with Crippen molar-refractivity contribution < 1.29 is 54.5 Å². The van der Waals surface area contributed by atoms with Crippen LogP contribution in [0.4, 0.5) is 4.79 Å². The van der Waals surface area contributed by atoms with Crippen molar-refractivity contribution in [2.75, 3.05) is 6.61 Å². The lowest BCUT2D eigenvalue weighted by Crippen LogP contribution is -2.41. The summed E-state index contributed by atoms with van der Waals surface area (Å²) < 4.78 is 46.4. The molecule has 0 aromatic carbocycles. The molecule has 4 fully saturated rings. The van der Waals surface area contributed by atoms with Crippen LogP contribution in [0, 0.1) is 0 Å². The van der Waals surface area contributed by atoms with Gasteiger partial charge in [-0.3, -0.25) is 24.0 Å². The number of aliphatic hydroxyl groups is 1. The monoisotopic (exact) mass is 808 g/mol. The quantitative estimate of drug-likeness (QED) is 0.239. The largest absolute Gasteiger partial charge is 0.444 e. The average molecular weight is 809 g/mol. The lowest BCUT2D eigenvalue weighted by Gasteiger charge is -2.25. The van der Waals surface area contributed by atoms with Gasteiger partial charge in [-0.25, -0.2) is 18.1 Å². The third-order valence-electron chi connectivity index (χ3n) is 5.48. The number of halogens is 1. The fraction of sp³-hybridized carbons (Fsp3) is 0.760. The predicted octanol–water partition coefficient (Wildman–Crippen LogP) is 2.40. The van der Waals surface area contributed by atoms with Crippen molar-refractivity contribution in [3.05, 3.63) is 0 Å². The first-order valence-corrected chi connectivity index (χ1v) is 19.1. The Labute approximate surface area is 304 Å². The number of nitrogens with one attached hydrogen (secondary N) is 3. The highest BCUT2D eigenvalue weighted by atomic mass is 35.5. The minimum absolute atomic E-state index is 0.0301. The smallest absolute Gasteiger partial charge is 0.417 e. The standard InChI is InChI=1S/C10H17NO3.C5H7NO3.C5H9NO2.C5H9NO.ClH.2HOPS.HPS/c1-7-5-6-8(12)11(7)9(13)14-10(2,3)4;7-3-9-5-2-1-4(8)6-5;7-3-4-1-2-5(8)6-4;1-4-2-3-5(7)6-4;;2*1-3-2;1-2/h7H,5-6H2,1-4H3;3,5H,1-2H2,(H,6,8);4,7H,1-3H2,(H,6,8);4H,2-3H2,1H3,(H,6,7);1H;2*2H;1H/t7-;5-;2*4-;;;;/m1101..../s1/i1T;;;1T;;;;/hT. The average Bonchev–Trinajstić information content (AvgIpc) is 3.88. The fourth-order valence-corrected chi connectivity index (χ4v) is 3.55. The van der Waals surface area contributed by atoms with Crippen molar-refractivity contribution in [2.24, 2.45) is 0 Å². The van der Waals surface area contributed by atoms with Crippen LogP contribution in [0.3, 0.4) is 0 Å². The Morgan fingerprint density at radius 2 is 1.49 bits per heavy atom. The van der Waals surface area contributed by atoms with E-state index < -0.39 is 11.7 Å². The summed E-state index contributed by atoms with van der Waals surface area (Å²) in [5.41, 5.74) is -0.605. The lowest BCUT2D eigenvalue weighted by molar-refractivity contribution is -0.135. The van der Waals surface area contributed by atoms with E-state index in [9.17, 15) is 28.8 Å². The Bertz CT molecular complexity index is 1070. The van der Waals surface area contributed by atoms with Gasteiger partial charge in [0.25, 0.3) is 6.47 Å². The summed E-state index contributed by atoms with van der Waals surface area (Å²) >= 11 is 7.78. The Hall–Kier alpha value is -1.77. The number of amides is 5. The topological polar surface area (TPSA) is 215 Å². The zero-order chi connectivity index (χ0) is 39.7. The number of rotatable bonds is 3. The number of likely N-dealkylation sites (tertiary alicyclic amines) is 1. The van der Waals surface area contributed by atoms with Gasteiger partial charge in [0.15, 0.2) is 6.23 Å². The molecular formula is C25H46ClN4O11P3S3. The minimum Gasteiger partial charge on any atom is -0.444 e. The molecule has 0 spiro atoms. The normalized spacial score (nSPS) is 22.2. The Morgan fingerprint density at radius 1 is 0.979 bits per heavy atom. The van der Waals surface area contributed by atoms with Gasteiger partial charge in [0, 0.05) is 46.9 Å². The SMILES string of the molecule is O=C1CC[C@@H](CO)N1.O=CO[C@@H]1CCC(=O)N1.O=S=P.O=S=P.P=S.[3H]C[C@@H]1CCC(=O)N1.[3H]C[C@@H]1CCC(=O)N1C(=O)OC(C)(C)C.[3H]Cl. The Balaban J connectivity index is -0.000000266. The second-order valence-electron chi connectivity index (χ2n) is 10.2. The molecule has 4 N–H and O–H groups in total. The van der Waals surface area contributed by atoms with Gasteiger partial charge in [-0.2, -0.15) is 0 Å². The summed E-state index contributed by atoms with van der Waals surface area (Å²) in [5.74, 6) is -0.130. The van der Waals surface area contributed by atoms with Crippen LogP contribution in [-0.4, -0.2) is 92.4 Å². The second-order valence-corrected chi connectivity index (χ2v) is 11.6. The number of carbonyl (C=O) groups excluding carboxylic acids is 6. The van der Waals surface area contributed by atoms with Crippen LogP contribution in [-0.2, 0) is 66.9 Å². The van der Waals surface area contributed by atoms with Crippen LogP contribution < -0.4 is 16.0 Å². The van der Waals surface area contributed by atoms with Gasteiger partial charge in [0.1, 0.15) is 28.5 Å². The number of aliphatic hydroxyl groups excluding tert-OH is 1. The summed E-state index contributed by atoms with van der Waals surface area (Å²) in [7, 11) is 8.26. The molecule has 0 saturated carbocycles. The molecule has 47 heavy (non-hydrogen) atoms. The molecule has 15 nitrogen and oxygen atoms in total. The summed E-state index contributed by atoms with van der Waals surface area (Å²) in [4.78, 5) is 65.1. The second kappa shape index (κ2) is 31.5. The highest BCUT2D eigenvalue weighted by Crippen LogP contribution is 2.21. The van der Waals surface area contributed by atoms with E-state index in [0.29, 0.717) is 73.6 Å². The molecule has 0 aromatic heterocycles. The maximum Gasteiger partial charge on any atom is 0.417 e. The van der Waals surface area contributed by atoms with Crippen LogP contribution in [0.2, 0.25) is 0 Å². The van der Waals surface area contributed by atoms with E-state index in [4.69, 9.17) is 22.2 Å². The first-order valence-electron chi connectivity index (χ1n) is 15.3. The molecule has 4 aliphatic heterocycles. The van der Waals surface area contributed by atoms with E-state index in [0.717, 1.165) is 17.7 Å². The summed E-state index contributed by atoms with van der Waals surface area (Å²) in [6.07, 6.45) is 3.78. The summed E-state index contributed by atoms with van der Waals surface area (Å²) in [6.45, 7) is 6.04. The van der Waals surface area contributed by atoms with Gasteiger partial charge in [0.05, 0.1) is 12.6 Å². The van der Waals surface area contributed by atoms with Crippen LogP contribution in [0.15, 0.2) is 0 Å². The van der Waals surface area contributed by atoms with E-state index in [-0.39, 0.29) is 61.5 Å². The summed E-state index contributed by atoms with van der Waals surface area (Å²) in [6, 6.07) is -0.141. The van der Waals surface area contributed by atoms with Gasteiger partial charge < -0.3 is 30.5 Å². The van der Waals surface area contributed by atoms with Crippen molar-refractivity contribution in [1.82, 2.24) is 20.9 Å². The molecule has 272 valence electrons. The number of hydrogen-bond acceptors (Lipinski definition) is 12. The maximum absolute atomic E-state index is 11.6. The molecule has 4 atom stereocenters. The number of nitrogens with zero attached hydrogens (tertiary/aromatic N) is 1. The Kier molecular flexibility index (Phi) is 30.3. The predicted molar refractivity (Wildman–Crippen MR) is 191 cm³/mol. The van der Waals surface area contributed by atoms with Crippen molar-refractivity contribution >= 4 is 106 Å². The number of ether oxygens (including phenoxy) is 2. The molecule has 4 aliphatic rings. The van der Waals surface area contributed by atoms with E-state index in [1.807, 2.05) is 0 Å². The molecule has 4 saturated heterocycles.